The van der Waals surface area contributed by atoms with Gasteiger partial charge in [-0.3, -0.25) is 4.79 Å². The number of carbonyl (C=O) groups excluding carboxylic acids is 1. The number of likely N-dealkylation sites (tertiary alicyclic amines) is 1. The molecule has 140 valence electrons. The standard InChI is InChI=1S/C20H27N3O2S/c1-2-21-12-16-8-10-23(11-9-16)19(24)15-26-14-18-13-25-20(22-18)17-6-4-3-5-7-17/h3-7,13,16,21H,2,8-12,14-15H2,1H3. The van der Waals surface area contributed by atoms with Crippen LogP contribution in [0, 0.1) is 5.92 Å². The Morgan fingerprint density at radius 2 is 2.08 bits per heavy atom. The van der Waals surface area contributed by atoms with E-state index in [1.165, 1.54) is 0 Å². The molecule has 0 bridgehead atoms. The van der Waals surface area contributed by atoms with Gasteiger partial charge in [-0.2, -0.15) is 0 Å². The predicted octanol–water partition coefficient (Wildman–Crippen LogP) is 3.42. The molecule has 0 spiro atoms. The summed E-state index contributed by atoms with van der Waals surface area (Å²) in [6.07, 6.45) is 3.90. The molecular formula is C20H27N3O2S. The molecule has 1 aliphatic rings. The summed E-state index contributed by atoms with van der Waals surface area (Å²) in [5, 5.41) is 3.40. The maximum Gasteiger partial charge on any atom is 0.232 e. The molecule has 1 fully saturated rings. The first-order chi connectivity index (χ1) is 12.8. The van der Waals surface area contributed by atoms with Crippen LogP contribution in [0.5, 0.6) is 0 Å². The maximum atomic E-state index is 12.4. The number of amides is 1. The molecule has 3 rings (SSSR count). The molecule has 6 heteroatoms. The van der Waals surface area contributed by atoms with Crippen molar-refractivity contribution in [3.63, 3.8) is 0 Å². The maximum absolute atomic E-state index is 12.4. The van der Waals surface area contributed by atoms with E-state index in [-0.39, 0.29) is 5.91 Å². The lowest BCUT2D eigenvalue weighted by Crippen LogP contribution is -2.41. The van der Waals surface area contributed by atoms with Crippen molar-refractivity contribution in [1.82, 2.24) is 15.2 Å². The Morgan fingerprint density at radius 1 is 1.31 bits per heavy atom. The van der Waals surface area contributed by atoms with Gasteiger partial charge in [0.25, 0.3) is 0 Å². The average molecular weight is 374 g/mol. The number of aromatic nitrogens is 1. The van der Waals surface area contributed by atoms with E-state index in [0.717, 1.165) is 50.3 Å². The second kappa shape index (κ2) is 9.78. The number of nitrogens with zero attached hydrogens (tertiary/aromatic N) is 2. The minimum Gasteiger partial charge on any atom is -0.444 e. The first kappa shape index (κ1) is 19.0. The third-order valence-electron chi connectivity index (χ3n) is 4.70. The Hall–Kier alpha value is -1.79. The van der Waals surface area contributed by atoms with Crippen molar-refractivity contribution in [2.24, 2.45) is 5.92 Å². The van der Waals surface area contributed by atoms with Crippen molar-refractivity contribution < 1.29 is 9.21 Å². The van der Waals surface area contributed by atoms with Gasteiger partial charge in [0, 0.05) is 24.4 Å². The van der Waals surface area contributed by atoms with Crippen LogP contribution in [0.2, 0.25) is 0 Å². The summed E-state index contributed by atoms with van der Waals surface area (Å²) in [5.74, 6) is 2.78. The van der Waals surface area contributed by atoms with Gasteiger partial charge in [-0.05, 0) is 44.0 Å². The fourth-order valence-electron chi connectivity index (χ4n) is 3.16. The van der Waals surface area contributed by atoms with Crippen LogP contribution in [0.1, 0.15) is 25.5 Å². The number of hydrogen-bond acceptors (Lipinski definition) is 5. The van der Waals surface area contributed by atoms with Crippen LogP contribution in [0.4, 0.5) is 0 Å². The zero-order valence-corrected chi connectivity index (χ0v) is 16.1. The molecule has 0 unspecified atom stereocenters. The fourth-order valence-corrected chi connectivity index (χ4v) is 3.96. The molecule has 0 aliphatic carbocycles. The molecule has 1 saturated heterocycles. The van der Waals surface area contributed by atoms with Gasteiger partial charge < -0.3 is 14.6 Å². The van der Waals surface area contributed by atoms with Crippen LogP contribution in [0.25, 0.3) is 11.5 Å². The topological polar surface area (TPSA) is 58.4 Å². The smallest absolute Gasteiger partial charge is 0.232 e. The van der Waals surface area contributed by atoms with Crippen LogP contribution >= 0.6 is 11.8 Å². The van der Waals surface area contributed by atoms with Crippen molar-refractivity contribution >= 4 is 17.7 Å². The summed E-state index contributed by atoms with van der Waals surface area (Å²) >= 11 is 1.61. The number of benzene rings is 1. The quantitative estimate of drug-likeness (QED) is 0.768. The lowest BCUT2D eigenvalue weighted by atomic mass is 9.97. The summed E-state index contributed by atoms with van der Waals surface area (Å²) in [4.78, 5) is 18.9. The monoisotopic (exact) mass is 373 g/mol. The number of thioether (sulfide) groups is 1. The number of hydrogen-bond donors (Lipinski definition) is 1. The summed E-state index contributed by atoms with van der Waals surface area (Å²) in [7, 11) is 0. The number of carbonyl (C=O) groups is 1. The summed E-state index contributed by atoms with van der Waals surface area (Å²) < 4.78 is 5.54. The Balaban J connectivity index is 1.39. The summed E-state index contributed by atoms with van der Waals surface area (Å²) in [6.45, 7) is 6.00. The van der Waals surface area contributed by atoms with Crippen molar-refractivity contribution in [3.8, 4) is 11.5 Å². The van der Waals surface area contributed by atoms with Crippen LogP contribution in [0.3, 0.4) is 0 Å². The van der Waals surface area contributed by atoms with Crippen molar-refractivity contribution in [3.05, 3.63) is 42.3 Å². The molecule has 1 aliphatic heterocycles. The highest BCUT2D eigenvalue weighted by Gasteiger charge is 2.22. The summed E-state index contributed by atoms with van der Waals surface area (Å²) in [5.41, 5.74) is 1.85. The SMILES string of the molecule is CCNCC1CCN(C(=O)CSCc2coc(-c3ccccc3)n2)CC1. The number of piperidine rings is 1. The van der Waals surface area contributed by atoms with E-state index in [2.05, 4.69) is 17.2 Å². The zero-order chi connectivity index (χ0) is 18.2. The molecule has 5 nitrogen and oxygen atoms in total. The second-order valence-corrected chi connectivity index (χ2v) is 7.62. The van der Waals surface area contributed by atoms with Crippen LogP contribution in [-0.4, -0.2) is 47.7 Å². The molecule has 2 aromatic rings. The molecule has 1 aromatic heterocycles. The molecule has 26 heavy (non-hydrogen) atoms. The molecule has 2 heterocycles. The third kappa shape index (κ3) is 5.35. The van der Waals surface area contributed by atoms with E-state index in [1.54, 1.807) is 18.0 Å². The van der Waals surface area contributed by atoms with Gasteiger partial charge in [0.2, 0.25) is 11.8 Å². The fraction of sp³-hybridized carbons (Fsp3) is 0.500. The minimum absolute atomic E-state index is 0.240. The average Bonchev–Trinajstić information content (AvgIpc) is 3.16. The highest BCUT2D eigenvalue weighted by molar-refractivity contribution is 7.99. The molecule has 0 radical (unpaired) electrons. The van der Waals surface area contributed by atoms with E-state index in [1.807, 2.05) is 35.2 Å². The van der Waals surface area contributed by atoms with Crippen LogP contribution < -0.4 is 5.32 Å². The predicted molar refractivity (Wildman–Crippen MR) is 106 cm³/mol. The highest BCUT2D eigenvalue weighted by Crippen LogP contribution is 2.21. The van der Waals surface area contributed by atoms with Crippen molar-refractivity contribution in [1.29, 1.82) is 0 Å². The largest absolute Gasteiger partial charge is 0.444 e. The molecule has 1 amide bonds. The van der Waals surface area contributed by atoms with Crippen molar-refractivity contribution in [2.45, 2.75) is 25.5 Å². The van der Waals surface area contributed by atoms with Gasteiger partial charge in [-0.15, -0.1) is 11.8 Å². The van der Waals surface area contributed by atoms with Crippen molar-refractivity contribution in [2.75, 3.05) is 31.9 Å². The Labute approximate surface area is 159 Å². The minimum atomic E-state index is 0.240. The molecule has 0 saturated carbocycles. The third-order valence-corrected chi connectivity index (χ3v) is 5.65. The second-order valence-electron chi connectivity index (χ2n) is 6.63. The Morgan fingerprint density at radius 3 is 2.81 bits per heavy atom. The van der Waals surface area contributed by atoms with Gasteiger partial charge in [-0.25, -0.2) is 4.98 Å². The zero-order valence-electron chi connectivity index (χ0n) is 15.3. The van der Waals surface area contributed by atoms with Gasteiger partial charge in [0.15, 0.2) is 0 Å². The van der Waals surface area contributed by atoms with Crippen LogP contribution in [-0.2, 0) is 10.5 Å². The number of rotatable bonds is 8. The van der Waals surface area contributed by atoms with Gasteiger partial charge in [0.1, 0.15) is 6.26 Å². The highest BCUT2D eigenvalue weighted by atomic mass is 32.2. The Bertz CT molecular complexity index is 681. The lowest BCUT2D eigenvalue weighted by Gasteiger charge is -2.32. The summed E-state index contributed by atoms with van der Waals surface area (Å²) in [6, 6.07) is 9.86. The normalized spacial score (nSPS) is 15.3. The van der Waals surface area contributed by atoms with Crippen LogP contribution in [0.15, 0.2) is 41.0 Å². The van der Waals surface area contributed by atoms with E-state index in [4.69, 9.17) is 4.42 Å². The Kier molecular flexibility index (Phi) is 7.14. The molecule has 0 atom stereocenters. The van der Waals surface area contributed by atoms with E-state index in [0.29, 0.717) is 23.3 Å². The van der Waals surface area contributed by atoms with E-state index < -0.39 is 0 Å². The molecular weight excluding hydrogens is 346 g/mol. The molecule has 1 aromatic carbocycles. The first-order valence-corrected chi connectivity index (χ1v) is 10.5. The molecule has 1 N–H and O–H groups in total. The number of nitrogens with one attached hydrogen (secondary N) is 1. The number of oxazole rings is 1. The van der Waals surface area contributed by atoms with E-state index in [9.17, 15) is 4.79 Å². The van der Waals surface area contributed by atoms with Gasteiger partial charge in [-0.1, -0.05) is 25.1 Å². The lowest BCUT2D eigenvalue weighted by molar-refractivity contribution is -0.129. The van der Waals surface area contributed by atoms with E-state index >= 15 is 0 Å². The van der Waals surface area contributed by atoms with Gasteiger partial charge in [0.05, 0.1) is 11.4 Å². The van der Waals surface area contributed by atoms with Gasteiger partial charge >= 0.3 is 0 Å². The first-order valence-electron chi connectivity index (χ1n) is 9.32.